The van der Waals surface area contributed by atoms with Gasteiger partial charge in [0.15, 0.2) is 10.8 Å². The third-order valence-electron chi connectivity index (χ3n) is 15.7. The standard InChI is InChI=1S/C60H106N4O12/c1-19-21-27-59(47(67)73-41-33-51(3,4)61-52(5,6)34-41,48(68)74-42-35-53(7,8)62-54(9,10)36-42)29-23-31-71-45(65)25-26-46(66)72-32-24-30-60(28-22-20-2,49(69)75-43-37-55(11,12)63-56(13,14)38-43)50(70)76-44-39-57(15,16)64-58(17,18)40-44/h41-44,61-64H,19-40H2,1-18H3. The third kappa shape index (κ3) is 19.8. The number of piperidine rings is 4. The van der Waals surface area contributed by atoms with Crippen LogP contribution in [-0.2, 0) is 57.2 Å². The molecule has 76 heavy (non-hydrogen) atoms. The lowest BCUT2D eigenvalue weighted by Gasteiger charge is -2.47. The van der Waals surface area contributed by atoms with E-state index in [9.17, 15) is 28.8 Å². The molecule has 0 radical (unpaired) electrons. The van der Waals surface area contributed by atoms with Crippen molar-refractivity contribution < 1.29 is 57.2 Å². The Morgan fingerprint density at radius 1 is 0.355 bits per heavy atom. The molecule has 0 spiro atoms. The first-order chi connectivity index (χ1) is 34.8. The molecule has 0 aromatic rings. The normalized spacial score (nSPS) is 23.1. The summed E-state index contributed by atoms with van der Waals surface area (Å²) in [5, 5.41) is 14.5. The average molecular weight is 1080 g/mol. The molecule has 4 fully saturated rings. The minimum Gasteiger partial charge on any atom is -0.466 e. The van der Waals surface area contributed by atoms with Gasteiger partial charge in [0.1, 0.15) is 24.4 Å². The average Bonchev–Trinajstić information content (AvgIpc) is 3.20. The SMILES string of the molecule is CCCCC(CCCOC(=O)CCC(=O)OCCCC(CCCC)(C(=O)OC1CC(C)(C)NC(C)(C)C1)C(=O)OC1CC(C)(C)NC(C)(C)C1)(C(=O)OC1CC(C)(C)NC(C)(C)C1)C(=O)OC1CC(C)(C)NC(C)(C)C1. The molecule has 0 aromatic carbocycles. The molecule has 16 heteroatoms. The smallest absolute Gasteiger partial charge is 0.323 e. The van der Waals surface area contributed by atoms with Gasteiger partial charge < -0.3 is 49.7 Å². The lowest BCUT2D eigenvalue weighted by Crippen LogP contribution is -2.61. The number of hydrogen-bond acceptors (Lipinski definition) is 16. The number of unbranched alkanes of at least 4 members (excludes halogenated alkanes) is 2. The van der Waals surface area contributed by atoms with E-state index in [4.69, 9.17) is 28.4 Å². The Morgan fingerprint density at radius 3 is 0.750 bits per heavy atom. The molecule has 4 N–H and O–H groups in total. The van der Waals surface area contributed by atoms with E-state index in [1.54, 1.807) is 0 Å². The van der Waals surface area contributed by atoms with Gasteiger partial charge in [-0.15, -0.1) is 0 Å². The number of carbonyl (C=O) groups is 6. The number of carbonyl (C=O) groups excluding carboxylic acids is 6. The monoisotopic (exact) mass is 1070 g/mol. The van der Waals surface area contributed by atoms with E-state index in [-0.39, 0.29) is 109 Å². The van der Waals surface area contributed by atoms with Gasteiger partial charge in [-0.05, 0) is 149 Å². The molecule has 0 aromatic heterocycles. The van der Waals surface area contributed by atoms with Gasteiger partial charge >= 0.3 is 35.8 Å². The summed E-state index contributed by atoms with van der Waals surface area (Å²) < 4.78 is 36.6. The maximum Gasteiger partial charge on any atom is 0.323 e. The highest BCUT2D eigenvalue weighted by molar-refractivity contribution is 6.01. The fourth-order valence-corrected chi connectivity index (χ4v) is 14.0. The van der Waals surface area contributed by atoms with Crippen molar-refractivity contribution in [3.63, 3.8) is 0 Å². The van der Waals surface area contributed by atoms with E-state index in [0.29, 0.717) is 64.2 Å². The summed E-state index contributed by atoms with van der Waals surface area (Å²) in [6, 6.07) is 0. The predicted molar refractivity (Wildman–Crippen MR) is 295 cm³/mol. The lowest BCUT2D eigenvalue weighted by atomic mass is 9.77. The molecule has 0 bridgehead atoms. The van der Waals surface area contributed by atoms with Crippen LogP contribution in [0.1, 0.15) is 253 Å². The summed E-state index contributed by atoms with van der Waals surface area (Å²) in [6.45, 7) is 37.1. The molecule has 4 aliphatic heterocycles. The van der Waals surface area contributed by atoms with E-state index in [2.05, 4.69) is 132 Å². The van der Waals surface area contributed by atoms with Gasteiger partial charge in [0.25, 0.3) is 0 Å². The summed E-state index contributed by atoms with van der Waals surface area (Å²) in [5.74, 6) is -3.67. The number of ether oxygens (including phenoxy) is 6. The van der Waals surface area contributed by atoms with E-state index in [1.165, 1.54) is 0 Å². The van der Waals surface area contributed by atoms with E-state index >= 15 is 0 Å². The van der Waals surface area contributed by atoms with Gasteiger partial charge in [0.2, 0.25) is 0 Å². The number of hydrogen-bond donors (Lipinski definition) is 4. The zero-order valence-electron chi connectivity index (χ0n) is 50.8. The van der Waals surface area contributed by atoms with Crippen molar-refractivity contribution in [3.8, 4) is 0 Å². The molecule has 438 valence electrons. The molecule has 0 unspecified atom stereocenters. The van der Waals surface area contributed by atoms with Gasteiger partial charge in [0, 0.05) is 95.7 Å². The van der Waals surface area contributed by atoms with Crippen LogP contribution < -0.4 is 21.3 Å². The van der Waals surface area contributed by atoms with Crippen LogP contribution in [0.2, 0.25) is 0 Å². The maximum absolute atomic E-state index is 14.7. The second-order valence-electron chi connectivity index (χ2n) is 28.8. The minimum absolute atomic E-state index is 0.0536. The van der Waals surface area contributed by atoms with Crippen molar-refractivity contribution in [3.05, 3.63) is 0 Å². The van der Waals surface area contributed by atoms with Crippen molar-refractivity contribution in [2.24, 2.45) is 10.8 Å². The largest absolute Gasteiger partial charge is 0.466 e. The summed E-state index contributed by atoms with van der Waals surface area (Å²) >= 11 is 0. The molecule has 4 aliphatic rings. The lowest BCUT2D eigenvalue weighted by molar-refractivity contribution is -0.187. The van der Waals surface area contributed by atoms with Gasteiger partial charge in [0.05, 0.1) is 26.1 Å². The molecule has 0 amide bonds. The van der Waals surface area contributed by atoms with E-state index in [1.807, 2.05) is 13.8 Å². The Hall–Kier alpha value is -3.34. The first kappa shape index (κ1) is 65.2. The summed E-state index contributed by atoms with van der Waals surface area (Å²) in [6.07, 6.45) is 5.96. The molecule has 4 heterocycles. The topological polar surface area (TPSA) is 206 Å². The van der Waals surface area contributed by atoms with Crippen LogP contribution in [0.5, 0.6) is 0 Å². The van der Waals surface area contributed by atoms with Crippen molar-refractivity contribution in [2.75, 3.05) is 13.2 Å². The molecule has 4 rings (SSSR count). The van der Waals surface area contributed by atoms with Crippen LogP contribution in [0.15, 0.2) is 0 Å². The van der Waals surface area contributed by atoms with E-state index < -0.39 is 71.1 Å². The van der Waals surface area contributed by atoms with E-state index in [0.717, 1.165) is 12.8 Å². The Labute approximate surface area is 458 Å². The second-order valence-corrected chi connectivity index (χ2v) is 28.8. The zero-order valence-corrected chi connectivity index (χ0v) is 50.8. The van der Waals surface area contributed by atoms with Crippen molar-refractivity contribution in [1.29, 1.82) is 0 Å². The second kappa shape index (κ2) is 25.4. The predicted octanol–water partition coefficient (Wildman–Crippen LogP) is 10.2. The van der Waals surface area contributed by atoms with Crippen molar-refractivity contribution in [1.82, 2.24) is 21.3 Å². The highest BCUT2D eigenvalue weighted by atomic mass is 16.6. The molecule has 0 atom stereocenters. The van der Waals surface area contributed by atoms with Gasteiger partial charge in [-0.1, -0.05) is 39.5 Å². The first-order valence-corrected chi connectivity index (χ1v) is 29.1. The van der Waals surface area contributed by atoms with Crippen LogP contribution in [0.25, 0.3) is 0 Å². The van der Waals surface area contributed by atoms with Crippen LogP contribution in [0.3, 0.4) is 0 Å². The molecular formula is C60H106N4O12. The molecule has 0 saturated carbocycles. The van der Waals surface area contributed by atoms with Gasteiger partial charge in [-0.25, -0.2) is 0 Å². The first-order valence-electron chi connectivity index (χ1n) is 29.1. The van der Waals surface area contributed by atoms with Crippen molar-refractivity contribution >= 4 is 35.8 Å². The fourth-order valence-electron chi connectivity index (χ4n) is 14.0. The fraction of sp³-hybridized carbons (Fsp3) is 0.900. The maximum atomic E-state index is 14.7. The van der Waals surface area contributed by atoms with Crippen LogP contribution >= 0.6 is 0 Å². The van der Waals surface area contributed by atoms with Crippen LogP contribution in [0, 0.1) is 10.8 Å². The number of esters is 6. The number of nitrogens with one attached hydrogen (secondary N) is 4. The highest BCUT2D eigenvalue weighted by Crippen LogP contribution is 2.42. The number of rotatable bonds is 25. The van der Waals surface area contributed by atoms with Crippen molar-refractivity contribution in [2.45, 2.75) is 322 Å². The molecule has 0 aliphatic carbocycles. The Kier molecular flexibility index (Phi) is 21.8. The summed E-state index contributed by atoms with van der Waals surface area (Å²) in [7, 11) is 0. The Bertz CT molecular complexity index is 1700. The quantitative estimate of drug-likeness (QED) is 0.0290. The molecule has 4 saturated heterocycles. The third-order valence-corrected chi connectivity index (χ3v) is 15.7. The Balaban J connectivity index is 1.42. The van der Waals surface area contributed by atoms with Gasteiger partial charge in [-0.3, -0.25) is 28.8 Å². The van der Waals surface area contributed by atoms with Gasteiger partial charge in [-0.2, -0.15) is 0 Å². The Morgan fingerprint density at radius 2 is 0.553 bits per heavy atom. The molecular weight excluding hydrogens is 969 g/mol. The molecule has 16 nitrogen and oxygen atoms in total. The van der Waals surface area contributed by atoms with Crippen LogP contribution in [-0.4, -0.2) is 118 Å². The highest BCUT2D eigenvalue weighted by Gasteiger charge is 2.54. The van der Waals surface area contributed by atoms with Crippen LogP contribution in [0.4, 0.5) is 0 Å². The zero-order chi connectivity index (χ0) is 57.4. The summed E-state index contributed by atoms with van der Waals surface area (Å²) in [5.41, 5.74) is -5.66. The summed E-state index contributed by atoms with van der Waals surface area (Å²) in [4.78, 5) is 84.9. The minimum atomic E-state index is -1.62.